The number of hydrogen-bond donors (Lipinski definition) is 3. The lowest BCUT2D eigenvalue weighted by molar-refractivity contribution is 0.471. The molecule has 1 atom stereocenters. The van der Waals surface area contributed by atoms with Crippen molar-refractivity contribution in [3.8, 4) is 5.75 Å². The zero-order chi connectivity index (χ0) is 11.1. The zero-order valence-electron chi connectivity index (χ0n) is 9.24. The Hall–Kier alpha value is -1.06. The minimum Gasteiger partial charge on any atom is -0.508 e. The Kier molecular flexibility index (Phi) is 5.15. The maximum atomic E-state index is 9.33. The van der Waals surface area contributed by atoms with Crippen molar-refractivity contribution in [1.29, 1.82) is 0 Å². The van der Waals surface area contributed by atoms with E-state index in [1.807, 2.05) is 18.2 Å². The van der Waals surface area contributed by atoms with Crippen LogP contribution in [0.5, 0.6) is 5.75 Å². The number of nitrogens with one attached hydrogen (secondary N) is 1. The van der Waals surface area contributed by atoms with E-state index in [0.29, 0.717) is 18.3 Å². The van der Waals surface area contributed by atoms with Crippen molar-refractivity contribution in [3.63, 3.8) is 0 Å². The highest BCUT2D eigenvalue weighted by molar-refractivity contribution is 5.27. The van der Waals surface area contributed by atoms with Crippen molar-refractivity contribution in [2.45, 2.75) is 25.8 Å². The molecule has 0 heterocycles. The van der Waals surface area contributed by atoms with E-state index >= 15 is 0 Å². The normalized spacial score (nSPS) is 12.7. The van der Waals surface area contributed by atoms with Crippen LogP contribution in [0.1, 0.15) is 18.9 Å². The van der Waals surface area contributed by atoms with Gasteiger partial charge in [-0.2, -0.15) is 0 Å². The summed E-state index contributed by atoms with van der Waals surface area (Å²) in [5.74, 6) is 0.334. The van der Waals surface area contributed by atoms with Crippen LogP contribution in [0.2, 0.25) is 0 Å². The molecule has 4 N–H and O–H groups in total. The number of phenolic OH excluding ortho intramolecular Hbond substituents is 1. The van der Waals surface area contributed by atoms with Gasteiger partial charge in [-0.05, 0) is 30.5 Å². The van der Waals surface area contributed by atoms with Crippen molar-refractivity contribution in [2.24, 2.45) is 5.73 Å². The SMILES string of the molecule is CCC(Cc1cccc(O)c1)NCCN. The van der Waals surface area contributed by atoms with Gasteiger partial charge in [0.25, 0.3) is 0 Å². The molecule has 1 aromatic rings. The Morgan fingerprint density at radius 3 is 2.87 bits per heavy atom. The summed E-state index contributed by atoms with van der Waals surface area (Å²) in [4.78, 5) is 0. The first-order valence-electron chi connectivity index (χ1n) is 5.47. The van der Waals surface area contributed by atoms with Gasteiger partial charge in [0.2, 0.25) is 0 Å². The summed E-state index contributed by atoms with van der Waals surface area (Å²) in [7, 11) is 0. The second kappa shape index (κ2) is 6.43. The van der Waals surface area contributed by atoms with E-state index in [2.05, 4.69) is 12.2 Å². The van der Waals surface area contributed by atoms with Gasteiger partial charge in [0.15, 0.2) is 0 Å². The van der Waals surface area contributed by atoms with E-state index in [9.17, 15) is 5.11 Å². The number of phenols is 1. The first kappa shape index (κ1) is 12.0. The molecular weight excluding hydrogens is 188 g/mol. The maximum Gasteiger partial charge on any atom is 0.115 e. The minimum absolute atomic E-state index is 0.334. The molecule has 0 saturated carbocycles. The van der Waals surface area contributed by atoms with Crippen LogP contribution in [0.15, 0.2) is 24.3 Å². The summed E-state index contributed by atoms with van der Waals surface area (Å²) in [6, 6.07) is 7.85. The van der Waals surface area contributed by atoms with Gasteiger partial charge in [-0.15, -0.1) is 0 Å². The Balaban J connectivity index is 2.50. The van der Waals surface area contributed by atoms with E-state index < -0.39 is 0 Å². The second-order valence-electron chi connectivity index (χ2n) is 3.72. The standard InChI is InChI=1S/C12H20N2O/c1-2-11(14-7-6-13)8-10-4-3-5-12(15)9-10/h3-5,9,11,14-15H,2,6-8,13H2,1H3. The first-order valence-corrected chi connectivity index (χ1v) is 5.47. The van der Waals surface area contributed by atoms with Gasteiger partial charge in [0.1, 0.15) is 5.75 Å². The molecule has 0 aliphatic heterocycles. The predicted molar refractivity (Wildman–Crippen MR) is 62.9 cm³/mol. The smallest absolute Gasteiger partial charge is 0.115 e. The van der Waals surface area contributed by atoms with E-state index in [1.165, 1.54) is 0 Å². The molecule has 15 heavy (non-hydrogen) atoms. The average molecular weight is 208 g/mol. The van der Waals surface area contributed by atoms with Crippen molar-refractivity contribution >= 4 is 0 Å². The quantitative estimate of drug-likeness (QED) is 0.659. The molecule has 84 valence electrons. The summed E-state index contributed by atoms with van der Waals surface area (Å²) in [5, 5.41) is 12.7. The Bertz CT molecular complexity index is 289. The molecule has 0 fully saturated rings. The van der Waals surface area contributed by atoms with Gasteiger partial charge in [0, 0.05) is 19.1 Å². The zero-order valence-corrected chi connectivity index (χ0v) is 9.24. The third-order valence-corrected chi connectivity index (χ3v) is 2.46. The molecule has 0 radical (unpaired) electrons. The Labute approximate surface area is 91.3 Å². The Morgan fingerprint density at radius 1 is 1.47 bits per heavy atom. The number of nitrogens with two attached hydrogens (primary N) is 1. The highest BCUT2D eigenvalue weighted by Gasteiger charge is 2.06. The lowest BCUT2D eigenvalue weighted by Gasteiger charge is -2.16. The van der Waals surface area contributed by atoms with Gasteiger partial charge in [-0.1, -0.05) is 19.1 Å². The maximum absolute atomic E-state index is 9.33. The molecule has 0 aromatic heterocycles. The average Bonchev–Trinajstić information content (AvgIpc) is 2.24. The molecule has 1 rings (SSSR count). The monoisotopic (exact) mass is 208 g/mol. The molecule has 3 nitrogen and oxygen atoms in total. The molecule has 0 amide bonds. The lowest BCUT2D eigenvalue weighted by Crippen LogP contribution is -2.34. The largest absolute Gasteiger partial charge is 0.508 e. The fourth-order valence-electron chi connectivity index (χ4n) is 1.62. The van der Waals surface area contributed by atoms with Crippen LogP contribution >= 0.6 is 0 Å². The third kappa shape index (κ3) is 4.32. The topological polar surface area (TPSA) is 58.3 Å². The summed E-state index contributed by atoms with van der Waals surface area (Å²) < 4.78 is 0. The molecule has 0 aliphatic rings. The van der Waals surface area contributed by atoms with Crippen molar-refractivity contribution < 1.29 is 5.11 Å². The lowest BCUT2D eigenvalue weighted by atomic mass is 10.0. The van der Waals surface area contributed by atoms with Crippen LogP contribution in [0.4, 0.5) is 0 Å². The van der Waals surface area contributed by atoms with Crippen LogP contribution in [-0.4, -0.2) is 24.2 Å². The van der Waals surface area contributed by atoms with Crippen LogP contribution < -0.4 is 11.1 Å². The van der Waals surface area contributed by atoms with Crippen LogP contribution in [-0.2, 0) is 6.42 Å². The summed E-state index contributed by atoms with van der Waals surface area (Å²) in [5.41, 5.74) is 6.61. The number of benzene rings is 1. The highest BCUT2D eigenvalue weighted by Crippen LogP contribution is 2.13. The van der Waals surface area contributed by atoms with Crippen LogP contribution in [0.3, 0.4) is 0 Å². The fourth-order valence-corrected chi connectivity index (χ4v) is 1.62. The summed E-state index contributed by atoms with van der Waals surface area (Å²) >= 11 is 0. The van der Waals surface area contributed by atoms with E-state index in [-0.39, 0.29) is 0 Å². The van der Waals surface area contributed by atoms with Crippen molar-refractivity contribution in [3.05, 3.63) is 29.8 Å². The number of aromatic hydroxyl groups is 1. The predicted octanol–water partition coefficient (Wildman–Crippen LogP) is 1.26. The van der Waals surface area contributed by atoms with Crippen LogP contribution in [0.25, 0.3) is 0 Å². The van der Waals surface area contributed by atoms with E-state index in [0.717, 1.165) is 24.9 Å². The Morgan fingerprint density at radius 2 is 2.27 bits per heavy atom. The highest BCUT2D eigenvalue weighted by atomic mass is 16.3. The van der Waals surface area contributed by atoms with Gasteiger partial charge in [0.05, 0.1) is 0 Å². The van der Waals surface area contributed by atoms with Gasteiger partial charge < -0.3 is 16.2 Å². The summed E-state index contributed by atoms with van der Waals surface area (Å²) in [6.45, 7) is 3.66. The molecule has 1 aromatic carbocycles. The molecule has 3 heteroatoms. The van der Waals surface area contributed by atoms with Crippen molar-refractivity contribution in [1.82, 2.24) is 5.32 Å². The number of rotatable bonds is 6. The van der Waals surface area contributed by atoms with E-state index in [4.69, 9.17) is 5.73 Å². The molecular formula is C12H20N2O. The summed E-state index contributed by atoms with van der Waals surface area (Å²) in [6.07, 6.45) is 2.00. The number of hydrogen-bond acceptors (Lipinski definition) is 3. The third-order valence-electron chi connectivity index (χ3n) is 2.46. The van der Waals surface area contributed by atoms with E-state index in [1.54, 1.807) is 6.07 Å². The molecule has 0 spiro atoms. The van der Waals surface area contributed by atoms with Gasteiger partial charge in [-0.25, -0.2) is 0 Å². The van der Waals surface area contributed by atoms with Gasteiger partial charge in [-0.3, -0.25) is 0 Å². The molecule has 1 unspecified atom stereocenters. The minimum atomic E-state index is 0.334. The van der Waals surface area contributed by atoms with Crippen molar-refractivity contribution in [2.75, 3.05) is 13.1 Å². The first-order chi connectivity index (χ1) is 7.26. The molecule has 0 saturated heterocycles. The molecule has 0 bridgehead atoms. The molecule has 0 aliphatic carbocycles. The fraction of sp³-hybridized carbons (Fsp3) is 0.500. The van der Waals surface area contributed by atoms with Crippen LogP contribution in [0, 0.1) is 0 Å². The second-order valence-corrected chi connectivity index (χ2v) is 3.72. The van der Waals surface area contributed by atoms with Gasteiger partial charge >= 0.3 is 0 Å².